The van der Waals surface area contributed by atoms with Crippen LogP contribution in [0.3, 0.4) is 0 Å². The predicted molar refractivity (Wildman–Crippen MR) is 40.4 cm³/mol. The van der Waals surface area contributed by atoms with E-state index in [2.05, 4.69) is 5.32 Å². The Morgan fingerprint density at radius 2 is 2.27 bits per heavy atom. The number of alkyl halides is 2. The Labute approximate surface area is 73.7 Å². The molecule has 62 valence electrons. The smallest absolute Gasteiger partial charge is 0.226 e. The standard InChI is InChI=1S/C6H7Cl2NO2/c7-6(8)3-2(1-10)9-5(11)4(3)6/h2-4,10H,1H2,(H,9,11)/t2-,3-,4-/m1/s1. The first kappa shape index (κ1) is 7.65. The number of carbonyl (C=O) groups is 1. The summed E-state index contributed by atoms with van der Waals surface area (Å²) in [5.41, 5.74) is 0. The van der Waals surface area contributed by atoms with Crippen LogP contribution in [0.2, 0.25) is 0 Å². The maximum Gasteiger partial charge on any atom is 0.226 e. The van der Waals surface area contributed by atoms with Crippen molar-refractivity contribution in [2.24, 2.45) is 11.8 Å². The van der Waals surface area contributed by atoms with Crippen LogP contribution < -0.4 is 5.32 Å². The molecule has 0 radical (unpaired) electrons. The van der Waals surface area contributed by atoms with E-state index in [0.717, 1.165) is 0 Å². The van der Waals surface area contributed by atoms with Crippen LogP contribution in [0.4, 0.5) is 0 Å². The number of halogens is 2. The molecule has 3 nitrogen and oxygen atoms in total. The first-order valence-corrected chi connectivity index (χ1v) is 4.13. The number of amides is 1. The van der Waals surface area contributed by atoms with Crippen LogP contribution in [0.5, 0.6) is 0 Å². The van der Waals surface area contributed by atoms with E-state index in [0.29, 0.717) is 0 Å². The lowest BCUT2D eigenvalue weighted by Crippen LogP contribution is -2.37. The number of hydrogen-bond acceptors (Lipinski definition) is 2. The number of hydrogen-bond donors (Lipinski definition) is 2. The lowest BCUT2D eigenvalue weighted by atomic mass is 10.2. The number of aliphatic hydroxyl groups excluding tert-OH is 1. The van der Waals surface area contributed by atoms with Gasteiger partial charge in [-0.05, 0) is 0 Å². The molecule has 1 amide bonds. The predicted octanol–water partition coefficient (Wildman–Crippen LogP) is -0.103. The molecule has 1 aliphatic heterocycles. The van der Waals surface area contributed by atoms with E-state index in [1.165, 1.54) is 0 Å². The zero-order valence-electron chi connectivity index (χ0n) is 5.55. The minimum Gasteiger partial charge on any atom is -0.394 e. The van der Waals surface area contributed by atoms with Crippen molar-refractivity contribution in [3.8, 4) is 0 Å². The summed E-state index contributed by atoms with van der Waals surface area (Å²) in [6.07, 6.45) is 0. The maximum atomic E-state index is 11.0. The highest BCUT2D eigenvalue weighted by molar-refractivity contribution is 6.53. The van der Waals surface area contributed by atoms with Gasteiger partial charge in [0.05, 0.1) is 18.6 Å². The molecule has 0 spiro atoms. The highest BCUT2D eigenvalue weighted by Gasteiger charge is 2.73. The molecule has 0 bridgehead atoms. The monoisotopic (exact) mass is 195 g/mol. The summed E-state index contributed by atoms with van der Waals surface area (Å²) in [6, 6.07) is -0.248. The van der Waals surface area contributed by atoms with Crippen molar-refractivity contribution in [1.82, 2.24) is 5.32 Å². The van der Waals surface area contributed by atoms with Crippen LogP contribution in [0.15, 0.2) is 0 Å². The summed E-state index contributed by atoms with van der Waals surface area (Å²) < 4.78 is -0.921. The second-order valence-electron chi connectivity index (χ2n) is 2.98. The molecule has 1 saturated heterocycles. The van der Waals surface area contributed by atoms with Crippen LogP contribution >= 0.6 is 23.2 Å². The summed E-state index contributed by atoms with van der Waals surface area (Å²) in [7, 11) is 0. The molecule has 11 heavy (non-hydrogen) atoms. The maximum absolute atomic E-state index is 11.0. The molecule has 0 unspecified atom stereocenters. The SMILES string of the molecule is O=C1N[C@H](CO)[C@@H]2[C@H]1C2(Cl)Cl. The third-order valence-corrected chi connectivity index (χ3v) is 3.32. The van der Waals surface area contributed by atoms with Gasteiger partial charge in [-0.25, -0.2) is 0 Å². The van der Waals surface area contributed by atoms with Crippen LogP contribution in [-0.2, 0) is 4.79 Å². The first-order valence-electron chi connectivity index (χ1n) is 3.38. The summed E-state index contributed by atoms with van der Waals surface area (Å²) in [5.74, 6) is -0.537. The Balaban J connectivity index is 2.19. The van der Waals surface area contributed by atoms with Gasteiger partial charge in [-0.1, -0.05) is 0 Å². The summed E-state index contributed by atoms with van der Waals surface area (Å²) in [4.78, 5) is 11.0. The van der Waals surface area contributed by atoms with Crippen molar-refractivity contribution in [3.63, 3.8) is 0 Å². The number of rotatable bonds is 1. The van der Waals surface area contributed by atoms with Crippen molar-refractivity contribution >= 4 is 29.1 Å². The lowest BCUT2D eigenvalue weighted by molar-refractivity contribution is -0.121. The van der Waals surface area contributed by atoms with Gasteiger partial charge >= 0.3 is 0 Å². The minimum atomic E-state index is -0.921. The molecular formula is C6H7Cl2NO2. The molecule has 0 aromatic rings. The summed E-state index contributed by atoms with van der Waals surface area (Å²) >= 11 is 11.5. The zero-order chi connectivity index (χ0) is 8.22. The van der Waals surface area contributed by atoms with Gasteiger partial charge in [-0.3, -0.25) is 4.79 Å². The number of fused-ring (bicyclic) bond motifs is 1. The lowest BCUT2D eigenvalue weighted by Gasteiger charge is -2.12. The van der Waals surface area contributed by atoms with Crippen molar-refractivity contribution < 1.29 is 9.90 Å². The second-order valence-corrected chi connectivity index (χ2v) is 4.42. The van der Waals surface area contributed by atoms with Crippen molar-refractivity contribution in [1.29, 1.82) is 0 Å². The van der Waals surface area contributed by atoms with Crippen LogP contribution in [-0.4, -0.2) is 28.0 Å². The number of aliphatic hydroxyl groups is 1. The molecule has 2 aliphatic rings. The van der Waals surface area contributed by atoms with Gasteiger partial charge in [0.1, 0.15) is 4.33 Å². The fraction of sp³-hybridized carbons (Fsp3) is 0.833. The third kappa shape index (κ3) is 0.819. The Hall–Kier alpha value is 0.01000. The molecule has 1 saturated carbocycles. The largest absolute Gasteiger partial charge is 0.394 e. The Kier molecular flexibility index (Phi) is 1.41. The van der Waals surface area contributed by atoms with Crippen LogP contribution in [0.25, 0.3) is 0 Å². The van der Waals surface area contributed by atoms with Crippen LogP contribution in [0, 0.1) is 11.8 Å². The van der Waals surface area contributed by atoms with E-state index in [1.807, 2.05) is 0 Å². The second kappa shape index (κ2) is 2.03. The van der Waals surface area contributed by atoms with E-state index < -0.39 is 4.33 Å². The summed E-state index contributed by atoms with van der Waals surface area (Å²) in [6.45, 7) is -0.0892. The molecule has 5 heteroatoms. The fourth-order valence-electron chi connectivity index (χ4n) is 1.71. The first-order chi connectivity index (χ1) is 5.09. The number of nitrogens with one attached hydrogen (secondary N) is 1. The van der Waals surface area contributed by atoms with Gasteiger partial charge in [0.15, 0.2) is 0 Å². The van der Waals surface area contributed by atoms with E-state index in [9.17, 15) is 4.79 Å². The van der Waals surface area contributed by atoms with Crippen molar-refractivity contribution in [2.75, 3.05) is 6.61 Å². The molecule has 2 rings (SSSR count). The third-order valence-electron chi connectivity index (χ3n) is 2.35. The highest BCUT2D eigenvalue weighted by atomic mass is 35.5. The minimum absolute atomic E-state index is 0.0892. The van der Waals surface area contributed by atoms with Gasteiger partial charge in [-0.15, -0.1) is 23.2 Å². The van der Waals surface area contributed by atoms with Gasteiger partial charge in [0.25, 0.3) is 0 Å². The van der Waals surface area contributed by atoms with E-state index >= 15 is 0 Å². The fourth-order valence-corrected chi connectivity index (χ4v) is 2.61. The van der Waals surface area contributed by atoms with Gasteiger partial charge < -0.3 is 10.4 Å². The van der Waals surface area contributed by atoms with Crippen molar-refractivity contribution in [3.05, 3.63) is 0 Å². The Bertz CT molecular complexity index is 219. The van der Waals surface area contributed by atoms with Crippen LogP contribution in [0.1, 0.15) is 0 Å². The molecule has 2 fully saturated rings. The highest BCUT2D eigenvalue weighted by Crippen LogP contribution is 2.63. The summed E-state index contributed by atoms with van der Waals surface area (Å²) in [5, 5.41) is 11.4. The molecule has 0 aromatic carbocycles. The molecule has 1 heterocycles. The van der Waals surface area contributed by atoms with Gasteiger partial charge in [0.2, 0.25) is 5.91 Å². The molecule has 3 atom stereocenters. The average molecular weight is 196 g/mol. The van der Waals surface area contributed by atoms with Gasteiger partial charge in [0, 0.05) is 5.92 Å². The molecule has 0 aromatic heterocycles. The Morgan fingerprint density at radius 1 is 1.64 bits per heavy atom. The van der Waals surface area contributed by atoms with Gasteiger partial charge in [-0.2, -0.15) is 0 Å². The van der Waals surface area contributed by atoms with E-state index in [4.69, 9.17) is 28.3 Å². The average Bonchev–Trinajstić information content (AvgIpc) is 2.37. The van der Waals surface area contributed by atoms with E-state index in [1.54, 1.807) is 0 Å². The molecular weight excluding hydrogens is 189 g/mol. The quantitative estimate of drug-likeness (QED) is 0.575. The number of piperidine rings is 1. The Morgan fingerprint density at radius 3 is 2.55 bits per heavy atom. The number of carbonyl (C=O) groups excluding carboxylic acids is 1. The van der Waals surface area contributed by atoms with Crippen molar-refractivity contribution in [2.45, 2.75) is 10.4 Å². The topological polar surface area (TPSA) is 49.3 Å². The van der Waals surface area contributed by atoms with E-state index in [-0.39, 0.29) is 30.4 Å². The zero-order valence-corrected chi connectivity index (χ0v) is 7.06. The molecule has 2 N–H and O–H groups in total. The molecule has 1 aliphatic carbocycles. The normalized spacial score (nSPS) is 45.0.